The molecule has 1 aromatic carbocycles. The van der Waals surface area contributed by atoms with Gasteiger partial charge in [0.2, 0.25) is 0 Å². The molecule has 0 saturated heterocycles. The lowest BCUT2D eigenvalue weighted by Gasteiger charge is -2.29. The fraction of sp³-hybridized carbons (Fsp3) is 0.588. The number of benzene rings is 1. The molecule has 0 bridgehead atoms. The maximum Gasteiger partial charge on any atom is 0.310 e. The van der Waals surface area contributed by atoms with Crippen LogP contribution < -0.4 is 0 Å². The van der Waals surface area contributed by atoms with Crippen LogP contribution in [0.15, 0.2) is 30.3 Å². The second kappa shape index (κ2) is 6.74. The molecule has 1 aliphatic carbocycles. The number of carboxylic acids is 1. The van der Waals surface area contributed by atoms with Gasteiger partial charge in [0.25, 0.3) is 0 Å². The summed E-state index contributed by atoms with van der Waals surface area (Å²) in [5.74, 6) is 0.452. The van der Waals surface area contributed by atoms with Gasteiger partial charge < -0.3 is 5.11 Å². The fourth-order valence-corrected chi connectivity index (χ4v) is 3.27. The van der Waals surface area contributed by atoms with E-state index >= 15 is 0 Å². The third-order valence-corrected chi connectivity index (χ3v) is 4.61. The molecule has 0 spiro atoms. The van der Waals surface area contributed by atoms with Crippen molar-refractivity contribution >= 4 is 5.97 Å². The quantitative estimate of drug-likeness (QED) is 0.848. The molecule has 2 rings (SSSR count). The van der Waals surface area contributed by atoms with Crippen molar-refractivity contribution in [2.24, 2.45) is 11.8 Å². The van der Waals surface area contributed by atoms with E-state index in [0.717, 1.165) is 17.9 Å². The Hall–Kier alpha value is -1.31. The van der Waals surface area contributed by atoms with Gasteiger partial charge in [-0.15, -0.1) is 0 Å². The molecular weight excluding hydrogens is 236 g/mol. The second-order valence-corrected chi connectivity index (χ2v) is 5.83. The lowest BCUT2D eigenvalue weighted by Crippen LogP contribution is -2.20. The molecule has 1 aromatic rings. The van der Waals surface area contributed by atoms with Crippen LogP contribution in [0.4, 0.5) is 0 Å². The SMILES string of the molecule is CCC1CCC(CC(C(=O)O)c2ccccc2)CC1. The van der Waals surface area contributed by atoms with Crippen molar-refractivity contribution in [3.05, 3.63) is 35.9 Å². The maximum absolute atomic E-state index is 11.5. The van der Waals surface area contributed by atoms with Crippen molar-refractivity contribution in [3.63, 3.8) is 0 Å². The fourth-order valence-electron chi connectivity index (χ4n) is 3.27. The third-order valence-electron chi connectivity index (χ3n) is 4.61. The standard InChI is InChI=1S/C17H24O2/c1-2-13-8-10-14(11-9-13)12-16(17(18)19)15-6-4-3-5-7-15/h3-7,13-14,16H,2,8-12H2,1H3,(H,18,19). The van der Waals surface area contributed by atoms with Crippen molar-refractivity contribution in [2.75, 3.05) is 0 Å². The van der Waals surface area contributed by atoms with Crippen molar-refractivity contribution in [3.8, 4) is 0 Å². The summed E-state index contributed by atoms with van der Waals surface area (Å²) >= 11 is 0. The Morgan fingerprint density at radius 3 is 2.26 bits per heavy atom. The van der Waals surface area contributed by atoms with Crippen LogP contribution in [0, 0.1) is 11.8 Å². The molecule has 2 heteroatoms. The van der Waals surface area contributed by atoms with Gasteiger partial charge in [0.1, 0.15) is 0 Å². The van der Waals surface area contributed by atoms with Crippen molar-refractivity contribution in [2.45, 2.75) is 51.4 Å². The lowest BCUT2D eigenvalue weighted by molar-refractivity contribution is -0.139. The van der Waals surface area contributed by atoms with Gasteiger partial charge >= 0.3 is 5.97 Å². The van der Waals surface area contributed by atoms with E-state index < -0.39 is 5.97 Å². The Bertz CT molecular complexity index is 391. The molecule has 1 saturated carbocycles. The Morgan fingerprint density at radius 1 is 1.16 bits per heavy atom. The smallest absolute Gasteiger partial charge is 0.310 e. The molecule has 0 radical (unpaired) electrons. The van der Waals surface area contributed by atoms with Gasteiger partial charge in [0, 0.05) is 0 Å². The highest BCUT2D eigenvalue weighted by molar-refractivity contribution is 5.76. The van der Waals surface area contributed by atoms with E-state index in [2.05, 4.69) is 6.92 Å². The first-order chi connectivity index (χ1) is 9.20. The van der Waals surface area contributed by atoms with E-state index in [0.29, 0.717) is 5.92 Å². The van der Waals surface area contributed by atoms with Gasteiger partial charge in [0.15, 0.2) is 0 Å². The highest BCUT2D eigenvalue weighted by Gasteiger charge is 2.27. The summed E-state index contributed by atoms with van der Waals surface area (Å²) in [6.07, 6.45) is 7.04. The molecule has 1 atom stereocenters. The first-order valence-electron chi connectivity index (χ1n) is 7.48. The average Bonchev–Trinajstić information content (AvgIpc) is 2.46. The van der Waals surface area contributed by atoms with Crippen LogP contribution in [0.1, 0.15) is 56.9 Å². The van der Waals surface area contributed by atoms with Gasteiger partial charge in [-0.1, -0.05) is 69.4 Å². The van der Waals surface area contributed by atoms with Gasteiger partial charge in [-0.05, 0) is 23.8 Å². The normalized spacial score (nSPS) is 24.9. The first-order valence-corrected chi connectivity index (χ1v) is 7.48. The molecule has 0 aliphatic heterocycles. The summed E-state index contributed by atoms with van der Waals surface area (Å²) in [6.45, 7) is 2.26. The molecule has 0 amide bonds. The van der Waals surface area contributed by atoms with E-state index in [-0.39, 0.29) is 5.92 Å². The monoisotopic (exact) mass is 260 g/mol. The minimum absolute atomic E-state index is 0.329. The van der Waals surface area contributed by atoms with Crippen LogP contribution >= 0.6 is 0 Å². The van der Waals surface area contributed by atoms with E-state index in [4.69, 9.17) is 0 Å². The Labute approximate surface area is 115 Å². The van der Waals surface area contributed by atoms with Gasteiger partial charge in [-0.3, -0.25) is 4.79 Å². The predicted molar refractivity (Wildman–Crippen MR) is 77.2 cm³/mol. The molecule has 1 aliphatic rings. The molecule has 2 nitrogen and oxygen atoms in total. The van der Waals surface area contributed by atoms with Crippen LogP contribution in [0.5, 0.6) is 0 Å². The molecular formula is C17H24O2. The number of hydrogen-bond donors (Lipinski definition) is 1. The van der Waals surface area contributed by atoms with Crippen LogP contribution in [-0.2, 0) is 4.79 Å². The lowest BCUT2D eigenvalue weighted by atomic mass is 9.76. The van der Waals surface area contributed by atoms with Crippen LogP contribution in [0.3, 0.4) is 0 Å². The Morgan fingerprint density at radius 2 is 1.74 bits per heavy atom. The number of carboxylic acid groups (broad SMARTS) is 1. The van der Waals surface area contributed by atoms with E-state index in [1.54, 1.807) is 0 Å². The van der Waals surface area contributed by atoms with E-state index in [9.17, 15) is 9.90 Å². The van der Waals surface area contributed by atoms with E-state index in [1.807, 2.05) is 30.3 Å². The third kappa shape index (κ3) is 3.82. The molecule has 104 valence electrons. The predicted octanol–water partition coefficient (Wildman–Crippen LogP) is 4.46. The molecule has 0 aromatic heterocycles. The molecule has 1 fully saturated rings. The zero-order valence-electron chi connectivity index (χ0n) is 11.7. The number of hydrogen-bond acceptors (Lipinski definition) is 1. The zero-order chi connectivity index (χ0) is 13.7. The maximum atomic E-state index is 11.5. The van der Waals surface area contributed by atoms with Crippen molar-refractivity contribution in [1.29, 1.82) is 0 Å². The Kier molecular flexibility index (Phi) is 5.00. The number of carbonyl (C=O) groups is 1. The molecule has 1 unspecified atom stereocenters. The van der Waals surface area contributed by atoms with Crippen LogP contribution in [0.2, 0.25) is 0 Å². The van der Waals surface area contributed by atoms with E-state index in [1.165, 1.54) is 32.1 Å². The van der Waals surface area contributed by atoms with Crippen LogP contribution in [-0.4, -0.2) is 11.1 Å². The molecule has 0 heterocycles. The largest absolute Gasteiger partial charge is 0.481 e. The number of aliphatic carboxylic acids is 1. The average molecular weight is 260 g/mol. The van der Waals surface area contributed by atoms with Gasteiger partial charge in [0.05, 0.1) is 5.92 Å². The minimum Gasteiger partial charge on any atom is -0.481 e. The first kappa shape index (κ1) is 14.1. The topological polar surface area (TPSA) is 37.3 Å². The second-order valence-electron chi connectivity index (χ2n) is 5.83. The van der Waals surface area contributed by atoms with Crippen molar-refractivity contribution < 1.29 is 9.90 Å². The summed E-state index contributed by atoms with van der Waals surface area (Å²) < 4.78 is 0. The van der Waals surface area contributed by atoms with Crippen molar-refractivity contribution in [1.82, 2.24) is 0 Å². The zero-order valence-corrected chi connectivity index (χ0v) is 11.7. The van der Waals surface area contributed by atoms with Gasteiger partial charge in [-0.25, -0.2) is 0 Å². The van der Waals surface area contributed by atoms with Crippen LogP contribution in [0.25, 0.3) is 0 Å². The van der Waals surface area contributed by atoms with Gasteiger partial charge in [-0.2, -0.15) is 0 Å². The highest BCUT2D eigenvalue weighted by Crippen LogP contribution is 2.36. The molecule has 19 heavy (non-hydrogen) atoms. The Balaban J connectivity index is 1.97. The summed E-state index contributed by atoms with van der Waals surface area (Å²) in [4.78, 5) is 11.5. The summed E-state index contributed by atoms with van der Waals surface area (Å²) in [5, 5.41) is 9.46. The summed E-state index contributed by atoms with van der Waals surface area (Å²) in [6, 6.07) is 9.68. The summed E-state index contributed by atoms with van der Waals surface area (Å²) in [5.41, 5.74) is 0.951. The number of rotatable bonds is 5. The summed E-state index contributed by atoms with van der Waals surface area (Å²) in [7, 11) is 0. The highest BCUT2D eigenvalue weighted by atomic mass is 16.4. The minimum atomic E-state index is -0.677. The molecule has 1 N–H and O–H groups in total.